The minimum atomic E-state index is -0.402. The number of thioether (sulfide) groups is 1. The molecule has 1 atom stereocenters. The molecule has 1 aromatic carbocycles. The molecule has 0 spiro atoms. The van der Waals surface area contributed by atoms with Crippen LogP contribution < -0.4 is 11.1 Å². The van der Waals surface area contributed by atoms with E-state index in [0.717, 1.165) is 18.6 Å². The van der Waals surface area contributed by atoms with Crippen LogP contribution in [0.3, 0.4) is 0 Å². The summed E-state index contributed by atoms with van der Waals surface area (Å²) in [6, 6.07) is 3.97. The first-order valence-corrected chi connectivity index (χ1v) is 7.54. The molecule has 1 unspecified atom stereocenters. The third-order valence-electron chi connectivity index (χ3n) is 2.81. The van der Waals surface area contributed by atoms with Crippen LogP contribution in [0, 0.1) is 5.82 Å². The Bertz CT molecular complexity index is 426. The maximum atomic E-state index is 12.8. The van der Waals surface area contributed by atoms with Crippen LogP contribution in [-0.2, 0) is 4.79 Å². The molecule has 0 bridgehead atoms. The number of hydrogen-bond donors (Lipinski definition) is 2. The number of halogens is 1. The summed E-state index contributed by atoms with van der Waals surface area (Å²) in [7, 11) is 0. The minimum Gasteiger partial charge on any atom is -0.397 e. The normalized spacial score (nSPS) is 12.2. The highest BCUT2D eigenvalue weighted by atomic mass is 32.2. The van der Waals surface area contributed by atoms with Crippen LogP contribution in [0.15, 0.2) is 18.2 Å². The Morgan fingerprint density at radius 1 is 1.53 bits per heavy atom. The molecule has 1 aromatic rings. The van der Waals surface area contributed by atoms with E-state index in [4.69, 9.17) is 5.73 Å². The number of rotatable bonds is 7. The summed E-state index contributed by atoms with van der Waals surface area (Å²) in [5.41, 5.74) is 6.35. The number of nitrogen functional groups attached to an aromatic ring is 1. The van der Waals surface area contributed by atoms with Gasteiger partial charge in [0.15, 0.2) is 0 Å². The zero-order chi connectivity index (χ0) is 14.3. The SMILES string of the molecule is CCC(C)SCCCC(=O)Nc1ccc(F)cc1N. The van der Waals surface area contributed by atoms with Gasteiger partial charge >= 0.3 is 0 Å². The largest absolute Gasteiger partial charge is 0.397 e. The molecule has 0 aliphatic heterocycles. The van der Waals surface area contributed by atoms with Crippen molar-refractivity contribution in [2.45, 2.75) is 38.4 Å². The number of anilines is 2. The highest BCUT2D eigenvalue weighted by molar-refractivity contribution is 7.99. The van der Waals surface area contributed by atoms with E-state index in [0.29, 0.717) is 17.4 Å². The third-order valence-corrected chi connectivity index (χ3v) is 4.24. The van der Waals surface area contributed by atoms with Crippen molar-refractivity contribution in [2.75, 3.05) is 16.8 Å². The van der Waals surface area contributed by atoms with Crippen LogP contribution in [0.5, 0.6) is 0 Å². The summed E-state index contributed by atoms with van der Waals surface area (Å²) in [6.45, 7) is 4.34. The van der Waals surface area contributed by atoms with Crippen molar-refractivity contribution < 1.29 is 9.18 Å². The maximum absolute atomic E-state index is 12.8. The molecule has 0 aliphatic carbocycles. The molecule has 0 saturated carbocycles. The minimum absolute atomic E-state index is 0.0805. The Morgan fingerprint density at radius 2 is 2.26 bits per heavy atom. The fourth-order valence-corrected chi connectivity index (χ4v) is 2.44. The van der Waals surface area contributed by atoms with Crippen molar-refractivity contribution in [3.63, 3.8) is 0 Å². The van der Waals surface area contributed by atoms with Crippen LogP contribution in [-0.4, -0.2) is 16.9 Å². The fraction of sp³-hybridized carbons (Fsp3) is 0.500. The fourth-order valence-electron chi connectivity index (χ4n) is 1.50. The quantitative estimate of drug-likeness (QED) is 0.593. The summed E-state index contributed by atoms with van der Waals surface area (Å²) in [4.78, 5) is 11.7. The van der Waals surface area contributed by atoms with Gasteiger partial charge in [-0.15, -0.1) is 0 Å². The van der Waals surface area contributed by atoms with E-state index in [1.807, 2.05) is 11.8 Å². The van der Waals surface area contributed by atoms with E-state index in [2.05, 4.69) is 19.2 Å². The molecule has 1 rings (SSSR count). The predicted molar refractivity (Wildman–Crippen MR) is 80.9 cm³/mol. The van der Waals surface area contributed by atoms with E-state index < -0.39 is 5.82 Å². The van der Waals surface area contributed by atoms with E-state index in [9.17, 15) is 9.18 Å². The topological polar surface area (TPSA) is 55.1 Å². The number of carbonyl (C=O) groups excluding carboxylic acids is 1. The van der Waals surface area contributed by atoms with Crippen molar-refractivity contribution in [1.82, 2.24) is 0 Å². The second kappa shape index (κ2) is 8.04. The molecule has 0 saturated heterocycles. The van der Waals surface area contributed by atoms with Gasteiger partial charge in [-0.25, -0.2) is 4.39 Å². The van der Waals surface area contributed by atoms with Gasteiger partial charge in [0.1, 0.15) is 5.82 Å². The van der Waals surface area contributed by atoms with Crippen molar-refractivity contribution in [1.29, 1.82) is 0 Å². The van der Waals surface area contributed by atoms with E-state index in [1.165, 1.54) is 18.2 Å². The molecule has 3 N–H and O–H groups in total. The van der Waals surface area contributed by atoms with Crippen LogP contribution in [0.2, 0.25) is 0 Å². The lowest BCUT2D eigenvalue weighted by atomic mass is 10.2. The monoisotopic (exact) mass is 284 g/mol. The first-order valence-electron chi connectivity index (χ1n) is 6.49. The van der Waals surface area contributed by atoms with Crippen molar-refractivity contribution in [3.8, 4) is 0 Å². The van der Waals surface area contributed by atoms with Gasteiger partial charge in [-0.1, -0.05) is 13.8 Å². The van der Waals surface area contributed by atoms with E-state index >= 15 is 0 Å². The zero-order valence-corrected chi connectivity index (χ0v) is 12.2. The predicted octanol–water partition coefficient (Wildman–Crippen LogP) is 3.66. The molecule has 0 radical (unpaired) electrons. The van der Waals surface area contributed by atoms with E-state index in [1.54, 1.807) is 0 Å². The molecule has 1 amide bonds. The Labute approximate surface area is 118 Å². The van der Waals surface area contributed by atoms with Gasteiger partial charge in [-0.05, 0) is 36.8 Å². The number of nitrogens with one attached hydrogen (secondary N) is 1. The second-order valence-electron chi connectivity index (χ2n) is 4.47. The van der Waals surface area contributed by atoms with Gasteiger partial charge in [0.2, 0.25) is 5.91 Å². The number of amides is 1. The third kappa shape index (κ3) is 5.96. The standard InChI is InChI=1S/C14H21FN2OS/c1-3-10(2)19-8-4-5-14(18)17-13-7-6-11(15)9-12(13)16/h6-7,9-10H,3-5,8,16H2,1-2H3,(H,17,18). The van der Waals surface area contributed by atoms with Gasteiger partial charge in [0.25, 0.3) is 0 Å². The zero-order valence-electron chi connectivity index (χ0n) is 11.4. The van der Waals surface area contributed by atoms with Crippen molar-refractivity contribution in [2.24, 2.45) is 0 Å². The van der Waals surface area contributed by atoms with E-state index in [-0.39, 0.29) is 11.6 Å². The molecule has 0 aliphatic rings. The maximum Gasteiger partial charge on any atom is 0.224 e. The van der Waals surface area contributed by atoms with Crippen LogP contribution in [0.25, 0.3) is 0 Å². The summed E-state index contributed by atoms with van der Waals surface area (Å²) >= 11 is 1.88. The molecular weight excluding hydrogens is 263 g/mol. The summed E-state index contributed by atoms with van der Waals surface area (Å²) in [5.74, 6) is 0.491. The van der Waals surface area contributed by atoms with Gasteiger partial charge < -0.3 is 11.1 Å². The molecular formula is C14H21FN2OS. The lowest BCUT2D eigenvalue weighted by Crippen LogP contribution is -2.13. The molecule has 106 valence electrons. The van der Waals surface area contributed by atoms with Gasteiger partial charge in [0, 0.05) is 11.7 Å². The Balaban J connectivity index is 2.31. The highest BCUT2D eigenvalue weighted by Gasteiger charge is 2.06. The Hall–Kier alpha value is -1.23. The average Bonchev–Trinajstić information content (AvgIpc) is 2.37. The first kappa shape index (κ1) is 15.8. The lowest BCUT2D eigenvalue weighted by molar-refractivity contribution is -0.116. The lowest BCUT2D eigenvalue weighted by Gasteiger charge is -2.09. The number of nitrogens with two attached hydrogens (primary N) is 1. The molecule has 0 heterocycles. The van der Waals surface area contributed by atoms with Crippen molar-refractivity contribution >= 4 is 29.0 Å². The van der Waals surface area contributed by atoms with Crippen molar-refractivity contribution in [3.05, 3.63) is 24.0 Å². The second-order valence-corrected chi connectivity index (χ2v) is 6.02. The molecule has 0 fully saturated rings. The van der Waals surface area contributed by atoms with Gasteiger partial charge in [-0.3, -0.25) is 4.79 Å². The Kier molecular flexibility index (Phi) is 6.70. The smallest absolute Gasteiger partial charge is 0.224 e. The Morgan fingerprint density at radius 3 is 2.89 bits per heavy atom. The highest BCUT2D eigenvalue weighted by Crippen LogP contribution is 2.20. The number of carbonyl (C=O) groups is 1. The van der Waals surface area contributed by atoms with Crippen LogP contribution in [0.4, 0.5) is 15.8 Å². The van der Waals surface area contributed by atoms with Gasteiger partial charge in [0.05, 0.1) is 11.4 Å². The molecule has 19 heavy (non-hydrogen) atoms. The van der Waals surface area contributed by atoms with Crippen LogP contribution in [0.1, 0.15) is 33.1 Å². The summed E-state index contributed by atoms with van der Waals surface area (Å²) in [6.07, 6.45) is 2.44. The average molecular weight is 284 g/mol. The molecule has 5 heteroatoms. The number of benzene rings is 1. The summed E-state index contributed by atoms with van der Waals surface area (Å²) in [5, 5.41) is 3.33. The van der Waals surface area contributed by atoms with Gasteiger partial charge in [-0.2, -0.15) is 11.8 Å². The summed E-state index contributed by atoms with van der Waals surface area (Å²) < 4.78 is 12.8. The first-order chi connectivity index (χ1) is 9.02. The molecule has 3 nitrogen and oxygen atoms in total. The number of hydrogen-bond acceptors (Lipinski definition) is 3. The van der Waals surface area contributed by atoms with Crippen LogP contribution >= 0.6 is 11.8 Å². The molecule has 0 aromatic heterocycles.